The van der Waals surface area contributed by atoms with Crippen molar-refractivity contribution in [3.63, 3.8) is 0 Å². The first-order valence-electron chi connectivity index (χ1n) is 6.70. The monoisotopic (exact) mass is 264 g/mol. The molecule has 1 N–H and O–H groups in total. The fourth-order valence-electron chi connectivity index (χ4n) is 2.36. The Morgan fingerprint density at radius 1 is 1.42 bits per heavy atom. The first-order chi connectivity index (χ1) is 9.06. The molecule has 1 atom stereocenters. The Hall–Kier alpha value is -1.85. The van der Waals surface area contributed by atoms with Gasteiger partial charge in [0.1, 0.15) is 6.04 Å². The number of imide groups is 1. The molecule has 0 saturated carbocycles. The Morgan fingerprint density at radius 3 is 2.79 bits per heavy atom. The van der Waals surface area contributed by atoms with Crippen LogP contribution in [-0.2, 0) is 23.1 Å². The van der Waals surface area contributed by atoms with Crippen LogP contribution in [0.1, 0.15) is 32.4 Å². The second-order valence-electron chi connectivity index (χ2n) is 4.80. The third-order valence-corrected chi connectivity index (χ3v) is 3.26. The summed E-state index contributed by atoms with van der Waals surface area (Å²) in [5, 5.41) is 7.47. The lowest BCUT2D eigenvalue weighted by atomic mass is 10.2. The Morgan fingerprint density at radius 2 is 2.16 bits per heavy atom. The maximum absolute atomic E-state index is 12.1. The van der Waals surface area contributed by atoms with E-state index in [-0.39, 0.29) is 18.2 Å². The van der Waals surface area contributed by atoms with Crippen molar-refractivity contribution in [3.05, 3.63) is 11.9 Å². The molecule has 6 heteroatoms. The predicted octanol–water partition coefficient (Wildman–Crippen LogP) is 0.932. The van der Waals surface area contributed by atoms with Gasteiger partial charge in [0.2, 0.25) is 5.91 Å². The van der Waals surface area contributed by atoms with Crippen LogP contribution in [-0.4, -0.2) is 39.1 Å². The molecule has 0 aliphatic carbocycles. The van der Waals surface area contributed by atoms with Gasteiger partial charge in [-0.1, -0.05) is 13.8 Å². The lowest BCUT2D eigenvalue weighted by Gasteiger charge is -2.14. The number of anilines is 1. The third kappa shape index (κ3) is 2.62. The van der Waals surface area contributed by atoms with E-state index in [2.05, 4.69) is 10.4 Å². The van der Waals surface area contributed by atoms with Crippen molar-refractivity contribution >= 4 is 17.5 Å². The van der Waals surface area contributed by atoms with Gasteiger partial charge in [-0.15, -0.1) is 0 Å². The van der Waals surface area contributed by atoms with Crippen LogP contribution in [0.5, 0.6) is 0 Å². The molecule has 1 unspecified atom stereocenters. The van der Waals surface area contributed by atoms with Gasteiger partial charge in [0.05, 0.1) is 17.8 Å². The Kier molecular flexibility index (Phi) is 3.87. The smallest absolute Gasteiger partial charge is 0.252 e. The number of nitrogens with one attached hydrogen (secondary N) is 1. The summed E-state index contributed by atoms with van der Waals surface area (Å²) < 4.78 is 1.71. The Bertz CT molecular complexity index is 495. The predicted molar refractivity (Wildman–Crippen MR) is 71.6 cm³/mol. The van der Waals surface area contributed by atoms with Gasteiger partial charge < -0.3 is 5.32 Å². The van der Waals surface area contributed by atoms with E-state index < -0.39 is 6.04 Å². The average molecular weight is 264 g/mol. The SMILES string of the molecule is CCCN1C(=O)CC(Nc2cn(C)nc2CC)C1=O. The van der Waals surface area contributed by atoms with Crippen LogP contribution in [0.2, 0.25) is 0 Å². The number of aromatic nitrogens is 2. The van der Waals surface area contributed by atoms with Crippen LogP contribution in [0.25, 0.3) is 0 Å². The maximum Gasteiger partial charge on any atom is 0.252 e. The summed E-state index contributed by atoms with van der Waals surface area (Å²) in [6.45, 7) is 4.47. The minimum atomic E-state index is -0.450. The van der Waals surface area contributed by atoms with Crippen molar-refractivity contribution in [1.82, 2.24) is 14.7 Å². The quantitative estimate of drug-likeness (QED) is 0.803. The minimum absolute atomic E-state index is 0.0914. The molecule has 0 radical (unpaired) electrons. The summed E-state index contributed by atoms with van der Waals surface area (Å²) in [6, 6.07) is -0.450. The Balaban J connectivity index is 2.11. The second kappa shape index (κ2) is 5.42. The van der Waals surface area contributed by atoms with E-state index in [0.29, 0.717) is 6.54 Å². The number of amides is 2. The number of carbonyl (C=O) groups is 2. The number of hydrogen-bond donors (Lipinski definition) is 1. The molecule has 1 aromatic heterocycles. The van der Waals surface area contributed by atoms with Crippen LogP contribution in [0.15, 0.2) is 6.20 Å². The molecule has 1 fully saturated rings. The van der Waals surface area contributed by atoms with E-state index in [1.54, 1.807) is 4.68 Å². The van der Waals surface area contributed by atoms with Crippen LogP contribution in [0.4, 0.5) is 5.69 Å². The van der Waals surface area contributed by atoms with Crippen LogP contribution < -0.4 is 5.32 Å². The number of carbonyl (C=O) groups excluding carboxylic acids is 2. The molecule has 19 heavy (non-hydrogen) atoms. The van der Waals surface area contributed by atoms with E-state index in [1.807, 2.05) is 27.1 Å². The standard InChI is InChI=1S/C13H20N4O2/c1-4-6-17-12(18)7-10(13(17)19)14-11-8-16(3)15-9(11)5-2/h8,10,14H,4-7H2,1-3H3. The van der Waals surface area contributed by atoms with E-state index in [1.165, 1.54) is 4.90 Å². The van der Waals surface area contributed by atoms with Crippen LogP contribution >= 0.6 is 0 Å². The molecule has 0 aromatic carbocycles. The molecule has 2 heterocycles. The largest absolute Gasteiger partial charge is 0.370 e. The van der Waals surface area contributed by atoms with Gasteiger partial charge in [-0.05, 0) is 12.8 Å². The first kappa shape index (κ1) is 13.6. The number of likely N-dealkylation sites (tertiary alicyclic amines) is 1. The lowest BCUT2D eigenvalue weighted by molar-refractivity contribution is -0.138. The summed E-state index contributed by atoms with van der Waals surface area (Å²) in [5.74, 6) is -0.218. The molecule has 1 aliphatic rings. The molecular weight excluding hydrogens is 244 g/mol. The fraction of sp³-hybridized carbons (Fsp3) is 0.615. The highest BCUT2D eigenvalue weighted by Gasteiger charge is 2.38. The highest BCUT2D eigenvalue weighted by Crippen LogP contribution is 2.21. The number of nitrogens with zero attached hydrogens (tertiary/aromatic N) is 3. The number of rotatable bonds is 5. The minimum Gasteiger partial charge on any atom is -0.370 e. The zero-order valence-corrected chi connectivity index (χ0v) is 11.6. The van der Waals surface area contributed by atoms with Gasteiger partial charge >= 0.3 is 0 Å². The highest BCUT2D eigenvalue weighted by atomic mass is 16.2. The summed E-state index contributed by atoms with van der Waals surface area (Å²) >= 11 is 0. The fourth-order valence-corrected chi connectivity index (χ4v) is 2.36. The zero-order valence-electron chi connectivity index (χ0n) is 11.6. The van der Waals surface area contributed by atoms with Gasteiger partial charge in [0, 0.05) is 19.8 Å². The van der Waals surface area contributed by atoms with Crippen molar-refractivity contribution < 1.29 is 9.59 Å². The molecule has 6 nitrogen and oxygen atoms in total. The van der Waals surface area contributed by atoms with Gasteiger partial charge in [-0.3, -0.25) is 19.2 Å². The van der Waals surface area contributed by atoms with Gasteiger partial charge in [-0.25, -0.2) is 0 Å². The van der Waals surface area contributed by atoms with Crippen molar-refractivity contribution in [1.29, 1.82) is 0 Å². The van der Waals surface area contributed by atoms with E-state index in [0.717, 1.165) is 24.2 Å². The number of aryl methyl sites for hydroxylation is 2. The molecule has 0 spiro atoms. The van der Waals surface area contributed by atoms with E-state index in [9.17, 15) is 9.59 Å². The molecule has 0 bridgehead atoms. The van der Waals surface area contributed by atoms with Crippen molar-refractivity contribution in [2.75, 3.05) is 11.9 Å². The van der Waals surface area contributed by atoms with E-state index in [4.69, 9.17) is 0 Å². The lowest BCUT2D eigenvalue weighted by Crippen LogP contribution is -2.35. The van der Waals surface area contributed by atoms with Crippen molar-refractivity contribution in [3.8, 4) is 0 Å². The molecule has 104 valence electrons. The van der Waals surface area contributed by atoms with Gasteiger partial charge in [0.25, 0.3) is 5.91 Å². The molecule has 1 aromatic rings. The summed E-state index contributed by atoms with van der Waals surface area (Å²) in [5.41, 5.74) is 1.76. The molecule has 2 amide bonds. The summed E-state index contributed by atoms with van der Waals surface area (Å²) in [4.78, 5) is 25.3. The van der Waals surface area contributed by atoms with Crippen molar-refractivity contribution in [2.45, 2.75) is 39.2 Å². The van der Waals surface area contributed by atoms with Gasteiger partial charge in [0.15, 0.2) is 0 Å². The Labute approximate surface area is 112 Å². The number of hydrogen-bond acceptors (Lipinski definition) is 4. The summed E-state index contributed by atoms with van der Waals surface area (Å²) in [7, 11) is 1.84. The molecule has 1 aliphatic heterocycles. The third-order valence-electron chi connectivity index (χ3n) is 3.26. The zero-order chi connectivity index (χ0) is 14.0. The second-order valence-corrected chi connectivity index (χ2v) is 4.80. The summed E-state index contributed by atoms with van der Waals surface area (Å²) in [6.07, 6.45) is 3.66. The molecular formula is C13H20N4O2. The van der Waals surface area contributed by atoms with Crippen LogP contribution in [0.3, 0.4) is 0 Å². The molecule has 2 rings (SSSR count). The maximum atomic E-state index is 12.1. The molecule has 1 saturated heterocycles. The first-order valence-corrected chi connectivity index (χ1v) is 6.70. The van der Waals surface area contributed by atoms with Crippen LogP contribution in [0, 0.1) is 0 Å². The normalized spacial score (nSPS) is 19.3. The van der Waals surface area contributed by atoms with Crippen molar-refractivity contribution in [2.24, 2.45) is 7.05 Å². The van der Waals surface area contributed by atoms with E-state index >= 15 is 0 Å². The van der Waals surface area contributed by atoms with Gasteiger partial charge in [-0.2, -0.15) is 5.10 Å². The highest BCUT2D eigenvalue weighted by molar-refractivity contribution is 6.06. The average Bonchev–Trinajstić information content (AvgIpc) is 2.85. The topological polar surface area (TPSA) is 67.2 Å².